The molecule has 0 spiro atoms. The molecule has 6 heteroatoms. The number of hydrogen-bond acceptors (Lipinski definition) is 4. The van der Waals surface area contributed by atoms with Crippen LogP contribution < -0.4 is 5.32 Å². The second kappa shape index (κ2) is 11.6. The lowest BCUT2D eigenvalue weighted by molar-refractivity contribution is -0.118. The third-order valence-corrected chi connectivity index (χ3v) is 8.82. The summed E-state index contributed by atoms with van der Waals surface area (Å²) in [6.45, 7) is 2.66. The maximum Gasteiger partial charge on any atom is 0.232 e. The SMILES string of the molecule is CCSc1ccc(C(CCOC)C(=O)Nc2ccc(C3(SC4=CC=C(F)CC4)CC3)cc2)cc1. The monoisotopic (exact) mass is 497 g/mol. The van der Waals surface area contributed by atoms with E-state index in [1.807, 2.05) is 30.0 Å². The Bertz CT molecular complexity index is 1040. The topological polar surface area (TPSA) is 38.3 Å². The van der Waals surface area contributed by atoms with Gasteiger partial charge in [-0.1, -0.05) is 37.3 Å². The van der Waals surface area contributed by atoms with E-state index in [0.29, 0.717) is 19.4 Å². The number of carbonyl (C=O) groups excluding carboxylic acids is 1. The Balaban J connectivity index is 1.42. The highest BCUT2D eigenvalue weighted by Crippen LogP contribution is 2.60. The molecule has 1 fully saturated rings. The summed E-state index contributed by atoms with van der Waals surface area (Å²) in [6.07, 6.45) is 7.68. The maximum absolute atomic E-state index is 13.3. The molecule has 2 aliphatic carbocycles. The molecule has 0 aromatic heterocycles. The number of benzene rings is 2. The Morgan fingerprint density at radius 2 is 1.82 bits per heavy atom. The zero-order valence-electron chi connectivity index (χ0n) is 19.8. The van der Waals surface area contributed by atoms with Crippen LogP contribution in [0.25, 0.3) is 0 Å². The highest BCUT2D eigenvalue weighted by molar-refractivity contribution is 8.04. The van der Waals surface area contributed by atoms with Crippen LogP contribution >= 0.6 is 23.5 Å². The predicted molar refractivity (Wildman–Crippen MR) is 142 cm³/mol. The molecule has 2 aromatic carbocycles. The smallest absolute Gasteiger partial charge is 0.232 e. The average molecular weight is 498 g/mol. The number of nitrogens with one attached hydrogen (secondary N) is 1. The molecule has 0 radical (unpaired) electrons. The molecule has 0 aliphatic heterocycles. The van der Waals surface area contributed by atoms with Gasteiger partial charge in [0, 0.05) is 35.5 Å². The summed E-state index contributed by atoms with van der Waals surface area (Å²) < 4.78 is 18.7. The van der Waals surface area contributed by atoms with Gasteiger partial charge in [-0.3, -0.25) is 4.79 Å². The van der Waals surface area contributed by atoms with Crippen molar-refractivity contribution in [3.63, 3.8) is 0 Å². The van der Waals surface area contributed by atoms with E-state index in [9.17, 15) is 9.18 Å². The predicted octanol–water partition coefficient (Wildman–Crippen LogP) is 7.81. The fraction of sp³-hybridized carbons (Fsp3) is 0.393. The van der Waals surface area contributed by atoms with Crippen LogP contribution in [0.5, 0.6) is 0 Å². The zero-order valence-corrected chi connectivity index (χ0v) is 21.4. The van der Waals surface area contributed by atoms with E-state index in [4.69, 9.17) is 4.74 Å². The molecule has 2 aliphatic rings. The summed E-state index contributed by atoms with van der Waals surface area (Å²) in [5, 5.41) is 3.11. The van der Waals surface area contributed by atoms with Gasteiger partial charge in [-0.2, -0.15) is 0 Å². The largest absolute Gasteiger partial charge is 0.385 e. The normalized spacial score (nSPS) is 17.5. The zero-order chi connectivity index (χ0) is 24.0. The van der Waals surface area contributed by atoms with E-state index >= 15 is 0 Å². The number of hydrogen-bond donors (Lipinski definition) is 1. The first kappa shape index (κ1) is 25.1. The number of anilines is 1. The van der Waals surface area contributed by atoms with E-state index in [2.05, 4.69) is 48.6 Å². The van der Waals surface area contributed by atoms with E-state index in [0.717, 1.165) is 36.3 Å². The first-order valence-electron chi connectivity index (χ1n) is 11.9. The van der Waals surface area contributed by atoms with Gasteiger partial charge in [0.2, 0.25) is 5.91 Å². The van der Waals surface area contributed by atoms with Crippen LogP contribution in [-0.2, 0) is 14.3 Å². The molecule has 0 bridgehead atoms. The minimum absolute atomic E-state index is 0.0163. The van der Waals surface area contributed by atoms with E-state index in [1.165, 1.54) is 15.4 Å². The molecular formula is C28H32FNO2S2. The molecule has 0 heterocycles. The fourth-order valence-corrected chi connectivity index (χ4v) is 6.29. The number of carbonyl (C=O) groups is 1. The molecule has 1 atom stereocenters. The number of rotatable bonds is 11. The van der Waals surface area contributed by atoms with Crippen molar-refractivity contribution in [1.82, 2.24) is 0 Å². The van der Waals surface area contributed by atoms with Crippen LogP contribution in [0.3, 0.4) is 0 Å². The van der Waals surface area contributed by atoms with Gasteiger partial charge in [-0.15, -0.1) is 23.5 Å². The van der Waals surface area contributed by atoms with E-state index < -0.39 is 0 Å². The van der Waals surface area contributed by atoms with Gasteiger partial charge < -0.3 is 10.1 Å². The first-order chi connectivity index (χ1) is 16.5. The molecule has 34 heavy (non-hydrogen) atoms. The third-order valence-electron chi connectivity index (χ3n) is 6.29. The second-order valence-corrected chi connectivity index (χ2v) is 11.6. The Kier molecular flexibility index (Phi) is 8.56. The first-order valence-corrected chi connectivity index (χ1v) is 13.7. The number of halogens is 1. The third kappa shape index (κ3) is 6.35. The highest BCUT2D eigenvalue weighted by Gasteiger charge is 2.45. The minimum Gasteiger partial charge on any atom is -0.385 e. The van der Waals surface area contributed by atoms with Crippen LogP contribution in [0.1, 0.15) is 56.1 Å². The number of ether oxygens (including phenoxy) is 1. The Hall–Kier alpha value is -2.02. The maximum atomic E-state index is 13.3. The summed E-state index contributed by atoms with van der Waals surface area (Å²) in [4.78, 5) is 15.7. The quantitative estimate of drug-likeness (QED) is 0.321. The standard InChI is InChI=1S/C28H32FNO2S2/c1-3-33-24-12-4-20(5-13-24)26(16-19-32-2)27(31)30-23-10-6-21(7-11-23)28(17-18-28)34-25-14-8-22(29)9-15-25/h4-8,10-14,26H,3,9,15-19H2,1-2H3,(H,30,31). The van der Waals surface area contributed by atoms with Gasteiger partial charge in [-0.25, -0.2) is 4.39 Å². The van der Waals surface area contributed by atoms with Crippen molar-refractivity contribution in [2.24, 2.45) is 0 Å². The molecule has 180 valence electrons. The number of methoxy groups -OCH3 is 1. The molecular weight excluding hydrogens is 465 g/mol. The number of allylic oxidation sites excluding steroid dienone is 4. The Morgan fingerprint density at radius 3 is 2.41 bits per heavy atom. The molecule has 2 aromatic rings. The lowest BCUT2D eigenvalue weighted by Crippen LogP contribution is -2.22. The summed E-state index contributed by atoms with van der Waals surface area (Å²) in [7, 11) is 1.66. The van der Waals surface area contributed by atoms with Crippen molar-refractivity contribution >= 4 is 35.1 Å². The van der Waals surface area contributed by atoms with Crippen LogP contribution in [0, 0.1) is 0 Å². The lowest BCUT2D eigenvalue weighted by atomic mass is 9.95. The van der Waals surface area contributed by atoms with Crippen LogP contribution in [0.15, 0.2) is 76.3 Å². The summed E-state index contributed by atoms with van der Waals surface area (Å²) in [6, 6.07) is 16.5. The number of amides is 1. The highest BCUT2D eigenvalue weighted by atomic mass is 32.2. The van der Waals surface area contributed by atoms with Crippen molar-refractivity contribution in [3.05, 3.63) is 82.5 Å². The van der Waals surface area contributed by atoms with Crippen LogP contribution in [0.4, 0.5) is 10.1 Å². The van der Waals surface area contributed by atoms with Gasteiger partial charge in [0.1, 0.15) is 5.83 Å². The van der Waals surface area contributed by atoms with Crippen molar-refractivity contribution in [1.29, 1.82) is 0 Å². The van der Waals surface area contributed by atoms with Crippen molar-refractivity contribution < 1.29 is 13.9 Å². The summed E-state index contributed by atoms with van der Waals surface area (Å²) in [5.74, 6) is 0.708. The second-order valence-electron chi connectivity index (χ2n) is 8.75. The molecule has 0 saturated heterocycles. The summed E-state index contributed by atoms with van der Waals surface area (Å²) in [5.41, 5.74) is 3.08. The molecule has 1 amide bonds. The van der Waals surface area contributed by atoms with Crippen molar-refractivity contribution in [2.45, 2.75) is 54.6 Å². The molecule has 3 nitrogen and oxygen atoms in total. The van der Waals surface area contributed by atoms with Gasteiger partial charge in [0.05, 0.1) is 5.92 Å². The number of thioether (sulfide) groups is 2. The van der Waals surface area contributed by atoms with Gasteiger partial charge in [-0.05, 0) is 77.8 Å². The summed E-state index contributed by atoms with van der Waals surface area (Å²) >= 11 is 3.67. The van der Waals surface area contributed by atoms with Gasteiger partial charge >= 0.3 is 0 Å². The Labute approximate surface area is 210 Å². The molecule has 4 rings (SSSR count). The van der Waals surface area contributed by atoms with Gasteiger partial charge in [0.15, 0.2) is 0 Å². The lowest BCUT2D eigenvalue weighted by Gasteiger charge is -2.20. The Morgan fingerprint density at radius 1 is 1.09 bits per heavy atom. The average Bonchev–Trinajstić information content (AvgIpc) is 3.63. The fourth-order valence-electron chi connectivity index (χ4n) is 4.23. The van der Waals surface area contributed by atoms with E-state index in [1.54, 1.807) is 24.9 Å². The van der Waals surface area contributed by atoms with Gasteiger partial charge in [0.25, 0.3) is 0 Å². The van der Waals surface area contributed by atoms with Crippen LogP contribution in [-0.4, -0.2) is 25.4 Å². The molecule has 1 saturated carbocycles. The molecule has 1 unspecified atom stereocenters. The van der Waals surface area contributed by atoms with Crippen LogP contribution in [0.2, 0.25) is 0 Å². The van der Waals surface area contributed by atoms with Crippen molar-refractivity contribution in [3.8, 4) is 0 Å². The van der Waals surface area contributed by atoms with Crippen molar-refractivity contribution in [2.75, 3.05) is 24.8 Å². The minimum atomic E-state index is -0.266. The molecule has 1 N–H and O–H groups in total. The van der Waals surface area contributed by atoms with E-state index in [-0.39, 0.29) is 22.4 Å².